The number of aromatic nitrogens is 2. The first kappa shape index (κ1) is 15.7. The van der Waals surface area contributed by atoms with Gasteiger partial charge in [-0.15, -0.1) is 0 Å². The van der Waals surface area contributed by atoms with Crippen molar-refractivity contribution in [3.8, 4) is 11.4 Å². The highest BCUT2D eigenvalue weighted by atomic mass is 16.5. The van der Waals surface area contributed by atoms with Gasteiger partial charge in [0.1, 0.15) is 5.60 Å². The van der Waals surface area contributed by atoms with Crippen LogP contribution in [0.25, 0.3) is 11.4 Å². The molecule has 1 fully saturated rings. The van der Waals surface area contributed by atoms with Crippen LogP contribution in [0.3, 0.4) is 0 Å². The Bertz CT molecular complexity index is 668. The van der Waals surface area contributed by atoms with Crippen molar-refractivity contribution in [3.05, 3.63) is 36.2 Å². The van der Waals surface area contributed by atoms with Crippen LogP contribution in [0.1, 0.15) is 38.5 Å². The van der Waals surface area contributed by atoms with Gasteiger partial charge in [-0.05, 0) is 26.7 Å². The van der Waals surface area contributed by atoms with Crippen LogP contribution >= 0.6 is 0 Å². The lowest BCUT2D eigenvalue weighted by Gasteiger charge is -2.33. The molecule has 1 aliphatic heterocycles. The standard InChI is InChI=1S/C17H21N3O3/c1-17(2,22)16(21)20-10-8-13(9-11-20)15-18-14(19-23-15)12-6-4-3-5-7-12/h3-7,13,22H,8-11H2,1-2H3. The summed E-state index contributed by atoms with van der Waals surface area (Å²) >= 11 is 0. The smallest absolute Gasteiger partial charge is 0.253 e. The van der Waals surface area contributed by atoms with E-state index in [0.29, 0.717) is 24.8 Å². The van der Waals surface area contributed by atoms with E-state index in [2.05, 4.69) is 10.1 Å². The number of amides is 1. The summed E-state index contributed by atoms with van der Waals surface area (Å²) in [5, 5.41) is 13.9. The summed E-state index contributed by atoms with van der Waals surface area (Å²) < 4.78 is 5.41. The number of hydrogen-bond donors (Lipinski definition) is 1. The maximum atomic E-state index is 12.1. The number of hydrogen-bond acceptors (Lipinski definition) is 5. The molecule has 1 aromatic carbocycles. The number of nitrogens with zero attached hydrogens (tertiary/aromatic N) is 3. The van der Waals surface area contributed by atoms with Crippen molar-refractivity contribution in [2.75, 3.05) is 13.1 Å². The van der Waals surface area contributed by atoms with Crippen molar-refractivity contribution in [1.29, 1.82) is 0 Å². The average molecular weight is 315 g/mol. The number of aliphatic hydroxyl groups is 1. The highest BCUT2D eigenvalue weighted by Gasteiger charge is 2.33. The maximum absolute atomic E-state index is 12.1. The molecule has 2 aromatic rings. The van der Waals surface area contributed by atoms with Crippen LogP contribution in [0, 0.1) is 0 Å². The third-order valence-corrected chi connectivity index (χ3v) is 4.13. The molecule has 1 aromatic heterocycles. The van der Waals surface area contributed by atoms with Gasteiger partial charge in [0, 0.05) is 24.6 Å². The molecule has 0 unspecified atom stereocenters. The van der Waals surface area contributed by atoms with Gasteiger partial charge in [-0.2, -0.15) is 4.98 Å². The second kappa shape index (κ2) is 6.12. The molecule has 122 valence electrons. The lowest BCUT2D eigenvalue weighted by atomic mass is 9.95. The van der Waals surface area contributed by atoms with Gasteiger partial charge in [-0.25, -0.2) is 0 Å². The SMILES string of the molecule is CC(C)(O)C(=O)N1CCC(c2nc(-c3ccccc3)no2)CC1. The summed E-state index contributed by atoms with van der Waals surface area (Å²) in [5.74, 6) is 1.15. The molecular weight excluding hydrogens is 294 g/mol. The van der Waals surface area contributed by atoms with Gasteiger partial charge in [0.05, 0.1) is 0 Å². The number of carbonyl (C=O) groups is 1. The number of piperidine rings is 1. The minimum atomic E-state index is -1.32. The normalized spacial score (nSPS) is 16.6. The molecule has 0 radical (unpaired) electrons. The third kappa shape index (κ3) is 3.42. The molecule has 1 amide bonds. The van der Waals surface area contributed by atoms with Crippen LogP contribution in [0.2, 0.25) is 0 Å². The van der Waals surface area contributed by atoms with E-state index in [9.17, 15) is 9.90 Å². The molecule has 6 nitrogen and oxygen atoms in total. The van der Waals surface area contributed by atoms with Gasteiger partial charge in [-0.1, -0.05) is 35.5 Å². The highest BCUT2D eigenvalue weighted by Crippen LogP contribution is 2.29. The molecule has 23 heavy (non-hydrogen) atoms. The Balaban J connectivity index is 1.65. The van der Waals surface area contributed by atoms with E-state index in [1.54, 1.807) is 4.90 Å². The minimum absolute atomic E-state index is 0.158. The Labute approximate surface area is 135 Å². The molecular formula is C17H21N3O3. The Kier molecular flexibility index (Phi) is 4.17. The molecule has 1 N–H and O–H groups in total. The summed E-state index contributed by atoms with van der Waals surface area (Å²) in [6.45, 7) is 4.23. The van der Waals surface area contributed by atoms with Gasteiger partial charge in [0.25, 0.3) is 5.91 Å². The van der Waals surface area contributed by atoms with E-state index in [1.807, 2.05) is 30.3 Å². The predicted molar refractivity (Wildman–Crippen MR) is 84.6 cm³/mol. The van der Waals surface area contributed by atoms with Crippen molar-refractivity contribution in [1.82, 2.24) is 15.0 Å². The van der Waals surface area contributed by atoms with E-state index >= 15 is 0 Å². The summed E-state index contributed by atoms with van der Waals surface area (Å²) in [6.07, 6.45) is 1.52. The van der Waals surface area contributed by atoms with Crippen LogP contribution in [-0.4, -0.2) is 44.7 Å². The predicted octanol–water partition coefficient (Wildman–Crippen LogP) is 2.21. The van der Waals surface area contributed by atoms with Crippen molar-refractivity contribution in [3.63, 3.8) is 0 Å². The van der Waals surface area contributed by atoms with Gasteiger partial charge >= 0.3 is 0 Å². The molecule has 0 bridgehead atoms. The van der Waals surface area contributed by atoms with Crippen molar-refractivity contribution in [2.24, 2.45) is 0 Å². The summed E-state index contributed by atoms with van der Waals surface area (Å²) in [4.78, 5) is 18.3. The molecule has 0 saturated carbocycles. The minimum Gasteiger partial charge on any atom is -0.381 e. The van der Waals surface area contributed by atoms with Crippen molar-refractivity contribution < 1.29 is 14.4 Å². The molecule has 2 heterocycles. The lowest BCUT2D eigenvalue weighted by Crippen LogP contribution is -2.48. The zero-order valence-electron chi connectivity index (χ0n) is 13.4. The van der Waals surface area contributed by atoms with Crippen molar-refractivity contribution >= 4 is 5.91 Å². The van der Waals surface area contributed by atoms with Gasteiger partial charge < -0.3 is 14.5 Å². The van der Waals surface area contributed by atoms with Gasteiger partial charge in [-0.3, -0.25) is 4.79 Å². The zero-order chi connectivity index (χ0) is 16.4. The topological polar surface area (TPSA) is 79.5 Å². The molecule has 6 heteroatoms. The Hall–Kier alpha value is -2.21. The van der Waals surface area contributed by atoms with Gasteiger partial charge in [0.15, 0.2) is 0 Å². The summed E-state index contributed by atoms with van der Waals surface area (Å²) in [6, 6.07) is 9.70. The Morgan fingerprint density at radius 2 is 1.91 bits per heavy atom. The fourth-order valence-electron chi connectivity index (χ4n) is 2.82. The van der Waals surface area contributed by atoms with E-state index in [-0.39, 0.29) is 11.8 Å². The maximum Gasteiger partial charge on any atom is 0.253 e. The molecule has 3 rings (SSSR count). The second-order valence-electron chi connectivity index (χ2n) is 6.45. The second-order valence-corrected chi connectivity index (χ2v) is 6.45. The van der Waals surface area contributed by atoms with Crippen LogP contribution < -0.4 is 0 Å². The van der Waals surface area contributed by atoms with E-state index < -0.39 is 5.60 Å². The lowest BCUT2D eigenvalue weighted by molar-refractivity contribution is -0.149. The molecule has 1 aliphatic rings. The van der Waals surface area contributed by atoms with E-state index in [1.165, 1.54) is 13.8 Å². The number of rotatable bonds is 3. The average Bonchev–Trinajstić information content (AvgIpc) is 3.04. The van der Waals surface area contributed by atoms with Crippen LogP contribution in [0.15, 0.2) is 34.9 Å². The first-order valence-electron chi connectivity index (χ1n) is 7.86. The zero-order valence-corrected chi connectivity index (χ0v) is 13.4. The number of benzene rings is 1. The molecule has 0 aliphatic carbocycles. The molecule has 0 spiro atoms. The molecule has 1 saturated heterocycles. The van der Waals surface area contributed by atoms with Crippen molar-refractivity contribution in [2.45, 2.75) is 38.2 Å². The summed E-state index contributed by atoms with van der Waals surface area (Å²) in [7, 11) is 0. The first-order valence-corrected chi connectivity index (χ1v) is 7.86. The van der Waals surface area contributed by atoms with Gasteiger partial charge in [0.2, 0.25) is 11.7 Å². The van der Waals surface area contributed by atoms with Crippen LogP contribution in [-0.2, 0) is 4.79 Å². The Morgan fingerprint density at radius 1 is 1.26 bits per heavy atom. The molecule has 0 atom stereocenters. The fraction of sp³-hybridized carbons (Fsp3) is 0.471. The van der Waals surface area contributed by atoms with Crippen LogP contribution in [0.4, 0.5) is 0 Å². The third-order valence-electron chi connectivity index (χ3n) is 4.13. The summed E-state index contributed by atoms with van der Waals surface area (Å²) in [5.41, 5.74) is -0.394. The fourth-order valence-corrected chi connectivity index (χ4v) is 2.82. The first-order chi connectivity index (χ1) is 10.9. The van der Waals surface area contributed by atoms with E-state index in [4.69, 9.17) is 4.52 Å². The largest absolute Gasteiger partial charge is 0.381 e. The Morgan fingerprint density at radius 3 is 2.52 bits per heavy atom. The monoisotopic (exact) mass is 315 g/mol. The quantitative estimate of drug-likeness (QED) is 0.939. The highest BCUT2D eigenvalue weighted by molar-refractivity contribution is 5.84. The number of likely N-dealkylation sites (tertiary alicyclic amines) is 1. The number of carbonyl (C=O) groups excluding carboxylic acids is 1. The van der Waals surface area contributed by atoms with Crippen LogP contribution in [0.5, 0.6) is 0 Å². The van der Waals surface area contributed by atoms with E-state index in [0.717, 1.165) is 18.4 Å².